The highest BCUT2D eigenvalue weighted by Gasteiger charge is 1.94. The Bertz CT molecular complexity index is 238. The Hall–Kier alpha value is -0.730. The Morgan fingerprint density at radius 1 is 1.45 bits per heavy atom. The third-order valence-corrected chi connectivity index (χ3v) is 1.51. The lowest BCUT2D eigenvalue weighted by molar-refractivity contribution is 0.470. The fourth-order valence-corrected chi connectivity index (χ4v) is 0.782. The van der Waals surface area contributed by atoms with Crippen LogP contribution >= 0.6 is 12.4 Å². The van der Waals surface area contributed by atoms with Crippen LogP contribution in [0.25, 0.3) is 0 Å². The Kier molecular flexibility index (Phi) is 3.93. The Morgan fingerprint density at radius 3 is 2.55 bits per heavy atom. The number of aryl methyl sites for hydroxylation is 1. The van der Waals surface area contributed by atoms with Crippen molar-refractivity contribution in [3.63, 3.8) is 0 Å². The maximum absolute atomic E-state index is 9.18. The molecule has 0 aromatic heterocycles. The molecule has 2 nitrogen and oxygen atoms in total. The van der Waals surface area contributed by atoms with Crippen LogP contribution in [0.15, 0.2) is 18.2 Å². The number of hydrogen-bond donors (Lipinski definition) is 2. The van der Waals surface area contributed by atoms with E-state index in [0.717, 1.165) is 11.1 Å². The molecule has 0 aliphatic rings. The van der Waals surface area contributed by atoms with E-state index in [1.807, 2.05) is 19.1 Å². The first-order valence-corrected chi connectivity index (χ1v) is 3.22. The van der Waals surface area contributed by atoms with E-state index < -0.39 is 0 Å². The molecule has 0 saturated heterocycles. The SMILES string of the molecule is Cc1ccc(CN)cc1O.Cl. The zero-order chi connectivity index (χ0) is 7.56. The van der Waals surface area contributed by atoms with Gasteiger partial charge in [0, 0.05) is 6.54 Å². The van der Waals surface area contributed by atoms with Gasteiger partial charge in [0.1, 0.15) is 5.75 Å². The molecule has 0 unspecified atom stereocenters. The summed E-state index contributed by atoms with van der Waals surface area (Å²) in [5, 5.41) is 9.18. The van der Waals surface area contributed by atoms with Crippen molar-refractivity contribution in [2.24, 2.45) is 5.73 Å². The summed E-state index contributed by atoms with van der Waals surface area (Å²) in [6.45, 7) is 2.34. The lowest BCUT2D eigenvalue weighted by Crippen LogP contribution is -1.95. The molecule has 0 fully saturated rings. The minimum Gasteiger partial charge on any atom is -0.508 e. The van der Waals surface area contributed by atoms with Crippen LogP contribution < -0.4 is 5.73 Å². The average molecular weight is 174 g/mol. The van der Waals surface area contributed by atoms with Gasteiger partial charge in [-0.25, -0.2) is 0 Å². The number of phenolic OH excluding ortho intramolecular Hbond substituents is 1. The van der Waals surface area contributed by atoms with Crippen LogP contribution in [0.3, 0.4) is 0 Å². The van der Waals surface area contributed by atoms with Gasteiger partial charge in [0.05, 0.1) is 0 Å². The molecular formula is C8H12ClNO. The van der Waals surface area contributed by atoms with Crippen molar-refractivity contribution >= 4 is 12.4 Å². The topological polar surface area (TPSA) is 46.2 Å². The third-order valence-electron chi connectivity index (χ3n) is 1.51. The number of aromatic hydroxyl groups is 1. The zero-order valence-corrected chi connectivity index (χ0v) is 7.19. The number of hydrogen-bond acceptors (Lipinski definition) is 2. The fourth-order valence-electron chi connectivity index (χ4n) is 0.782. The number of phenols is 1. The van der Waals surface area contributed by atoms with E-state index in [-0.39, 0.29) is 12.4 Å². The molecule has 0 atom stereocenters. The number of halogens is 1. The molecule has 3 N–H and O–H groups in total. The van der Waals surface area contributed by atoms with Gasteiger partial charge in [0.25, 0.3) is 0 Å². The van der Waals surface area contributed by atoms with E-state index >= 15 is 0 Å². The molecule has 0 aliphatic carbocycles. The first-order chi connectivity index (χ1) is 4.74. The van der Waals surface area contributed by atoms with Crippen molar-refractivity contribution in [1.29, 1.82) is 0 Å². The first-order valence-electron chi connectivity index (χ1n) is 3.22. The van der Waals surface area contributed by atoms with Crippen LogP contribution in [0.5, 0.6) is 5.75 Å². The molecule has 0 bridgehead atoms. The van der Waals surface area contributed by atoms with E-state index in [9.17, 15) is 5.11 Å². The maximum atomic E-state index is 9.18. The molecule has 0 amide bonds. The predicted molar refractivity (Wildman–Crippen MR) is 48.0 cm³/mol. The molecule has 1 aromatic carbocycles. The van der Waals surface area contributed by atoms with Crippen LogP contribution in [-0.2, 0) is 6.54 Å². The van der Waals surface area contributed by atoms with E-state index in [0.29, 0.717) is 12.3 Å². The lowest BCUT2D eigenvalue weighted by atomic mass is 10.1. The van der Waals surface area contributed by atoms with E-state index in [1.54, 1.807) is 6.07 Å². The first kappa shape index (κ1) is 10.3. The summed E-state index contributed by atoms with van der Waals surface area (Å²) >= 11 is 0. The zero-order valence-electron chi connectivity index (χ0n) is 6.37. The quantitative estimate of drug-likeness (QED) is 0.678. The number of benzene rings is 1. The smallest absolute Gasteiger partial charge is 0.118 e. The summed E-state index contributed by atoms with van der Waals surface area (Å²) in [6.07, 6.45) is 0. The molecule has 1 rings (SSSR count). The Balaban J connectivity index is 0.000001000. The summed E-state index contributed by atoms with van der Waals surface area (Å²) in [5.74, 6) is 0.322. The molecule has 0 saturated carbocycles. The van der Waals surface area contributed by atoms with Gasteiger partial charge in [-0.3, -0.25) is 0 Å². The highest BCUT2D eigenvalue weighted by atomic mass is 35.5. The minimum absolute atomic E-state index is 0. The Labute approximate surface area is 72.4 Å². The molecule has 62 valence electrons. The predicted octanol–water partition coefficient (Wildman–Crippen LogP) is 1.58. The van der Waals surface area contributed by atoms with Gasteiger partial charge < -0.3 is 10.8 Å². The monoisotopic (exact) mass is 173 g/mol. The van der Waals surface area contributed by atoms with Gasteiger partial charge >= 0.3 is 0 Å². The molecule has 0 aliphatic heterocycles. The van der Waals surface area contributed by atoms with Crippen molar-refractivity contribution in [3.05, 3.63) is 29.3 Å². The van der Waals surface area contributed by atoms with Gasteiger partial charge in [-0.15, -0.1) is 12.4 Å². The summed E-state index contributed by atoms with van der Waals surface area (Å²) in [7, 11) is 0. The molecular weight excluding hydrogens is 162 g/mol. The second-order valence-electron chi connectivity index (χ2n) is 2.32. The minimum atomic E-state index is 0. The summed E-state index contributed by atoms with van der Waals surface area (Å²) < 4.78 is 0. The van der Waals surface area contributed by atoms with Crippen molar-refractivity contribution in [2.45, 2.75) is 13.5 Å². The summed E-state index contributed by atoms with van der Waals surface area (Å²) in [5.41, 5.74) is 7.21. The van der Waals surface area contributed by atoms with Crippen molar-refractivity contribution in [1.82, 2.24) is 0 Å². The summed E-state index contributed by atoms with van der Waals surface area (Å²) in [4.78, 5) is 0. The van der Waals surface area contributed by atoms with Crippen LogP contribution in [0.4, 0.5) is 0 Å². The highest BCUT2D eigenvalue weighted by Crippen LogP contribution is 2.16. The number of rotatable bonds is 1. The maximum Gasteiger partial charge on any atom is 0.118 e. The molecule has 11 heavy (non-hydrogen) atoms. The van der Waals surface area contributed by atoms with E-state index in [2.05, 4.69) is 0 Å². The molecule has 0 spiro atoms. The average Bonchev–Trinajstić information content (AvgIpc) is 1.95. The molecule has 0 heterocycles. The fraction of sp³-hybridized carbons (Fsp3) is 0.250. The lowest BCUT2D eigenvalue weighted by Gasteiger charge is -1.99. The van der Waals surface area contributed by atoms with Gasteiger partial charge in [-0.05, 0) is 24.1 Å². The van der Waals surface area contributed by atoms with Gasteiger partial charge in [-0.2, -0.15) is 0 Å². The Morgan fingerprint density at radius 2 is 2.09 bits per heavy atom. The third kappa shape index (κ3) is 2.41. The second-order valence-corrected chi connectivity index (χ2v) is 2.32. The van der Waals surface area contributed by atoms with Crippen LogP contribution in [0.2, 0.25) is 0 Å². The van der Waals surface area contributed by atoms with Crippen LogP contribution in [-0.4, -0.2) is 5.11 Å². The molecule has 1 aromatic rings. The number of nitrogens with two attached hydrogens (primary N) is 1. The van der Waals surface area contributed by atoms with Crippen LogP contribution in [0, 0.1) is 6.92 Å². The normalized spacial score (nSPS) is 8.91. The van der Waals surface area contributed by atoms with Gasteiger partial charge in [0.15, 0.2) is 0 Å². The van der Waals surface area contributed by atoms with Crippen molar-refractivity contribution in [2.75, 3.05) is 0 Å². The molecule has 0 radical (unpaired) electrons. The molecule has 3 heteroatoms. The largest absolute Gasteiger partial charge is 0.508 e. The van der Waals surface area contributed by atoms with E-state index in [1.165, 1.54) is 0 Å². The van der Waals surface area contributed by atoms with Gasteiger partial charge in [0.2, 0.25) is 0 Å². The second kappa shape index (κ2) is 4.21. The van der Waals surface area contributed by atoms with Crippen molar-refractivity contribution < 1.29 is 5.11 Å². The van der Waals surface area contributed by atoms with E-state index in [4.69, 9.17) is 5.73 Å². The van der Waals surface area contributed by atoms with Crippen LogP contribution in [0.1, 0.15) is 11.1 Å². The van der Waals surface area contributed by atoms with Gasteiger partial charge in [-0.1, -0.05) is 12.1 Å². The standard InChI is InChI=1S/C8H11NO.ClH/c1-6-2-3-7(5-9)4-8(6)10;/h2-4,10H,5,9H2,1H3;1H. The van der Waals surface area contributed by atoms with Crippen molar-refractivity contribution in [3.8, 4) is 5.75 Å². The summed E-state index contributed by atoms with van der Waals surface area (Å²) in [6, 6.07) is 5.46. The highest BCUT2D eigenvalue weighted by molar-refractivity contribution is 5.85.